The Morgan fingerprint density at radius 1 is 1.32 bits per heavy atom. The minimum atomic E-state index is -3.38. The van der Waals surface area contributed by atoms with Crippen LogP contribution in [0, 0.1) is 6.92 Å². The standard InChI is InChI=1S/C16H23O8P/c1-4-23-25(20,24-5-2)9-11(17)7-21-14-6-13(18)15-12(10(14)3)8-22-16(15)19/h6,11,17-18H,4-5,7-9H2,1-3H3. The van der Waals surface area contributed by atoms with Gasteiger partial charge in [0.05, 0.1) is 25.5 Å². The second-order valence-electron chi connectivity index (χ2n) is 5.54. The Morgan fingerprint density at radius 2 is 1.96 bits per heavy atom. The number of hydrogen-bond donors (Lipinski definition) is 2. The van der Waals surface area contributed by atoms with Crippen LogP contribution in [0.15, 0.2) is 6.07 Å². The molecule has 0 bridgehead atoms. The third kappa shape index (κ3) is 4.52. The molecule has 0 amide bonds. The van der Waals surface area contributed by atoms with E-state index in [1.165, 1.54) is 6.07 Å². The zero-order chi connectivity index (χ0) is 18.6. The molecule has 2 N–H and O–H groups in total. The van der Waals surface area contributed by atoms with E-state index in [-0.39, 0.29) is 43.9 Å². The Labute approximate surface area is 146 Å². The van der Waals surface area contributed by atoms with E-state index in [1.807, 2.05) is 0 Å². The minimum Gasteiger partial charge on any atom is -0.507 e. The molecule has 1 aliphatic heterocycles. The first-order valence-corrected chi connectivity index (χ1v) is 9.75. The van der Waals surface area contributed by atoms with Crippen molar-refractivity contribution in [2.45, 2.75) is 33.5 Å². The molecule has 1 aromatic rings. The second-order valence-corrected chi connectivity index (χ2v) is 7.65. The fourth-order valence-corrected chi connectivity index (χ4v) is 4.29. The number of aliphatic hydroxyl groups is 1. The van der Waals surface area contributed by atoms with Crippen molar-refractivity contribution in [2.75, 3.05) is 26.0 Å². The van der Waals surface area contributed by atoms with E-state index < -0.39 is 19.7 Å². The topological polar surface area (TPSA) is 112 Å². The maximum atomic E-state index is 12.4. The quantitative estimate of drug-likeness (QED) is 0.501. The summed E-state index contributed by atoms with van der Waals surface area (Å²) in [5.41, 5.74) is 1.34. The van der Waals surface area contributed by atoms with E-state index in [1.54, 1.807) is 20.8 Å². The van der Waals surface area contributed by atoms with Gasteiger partial charge in [-0.3, -0.25) is 4.57 Å². The lowest BCUT2D eigenvalue weighted by atomic mass is 10.0. The van der Waals surface area contributed by atoms with Gasteiger partial charge in [-0.05, 0) is 26.3 Å². The van der Waals surface area contributed by atoms with Gasteiger partial charge in [0.15, 0.2) is 0 Å². The molecule has 25 heavy (non-hydrogen) atoms. The van der Waals surface area contributed by atoms with Crippen LogP contribution >= 0.6 is 7.60 Å². The number of benzene rings is 1. The average Bonchev–Trinajstić information content (AvgIpc) is 2.92. The smallest absolute Gasteiger partial charge is 0.342 e. The fourth-order valence-electron chi connectivity index (χ4n) is 2.60. The summed E-state index contributed by atoms with van der Waals surface area (Å²) in [6.07, 6.45) is -1.29. The minimum absolute atomic E-state index is 0.0667. The summed E-state index contributed by atoms with van der Waals surface area (Å²) in [5.74, 6) is -0.491. The number of carbonyl (C=O) groups is 1. The molecule has 0 aromatic heterocycles. The number of phenols is 1. The Bertz CT molecular complexity index is 677. The van der Waals surface area contributed by atoms with Crippen molar-refractivity contribution < 1.29 is 38.1 Å². The molecule has 0 aliphatic carbocycles. The third-order valence-electron chi connectivity index (χ3n) is 3.72. The Hall–Kier alpha value is -1.60. The molecule has 0 saturated carbocycles. The monoisotopic (exact) mass is 374 g/mol. The molecule has 0 spiro atoms. The first-order chi connectivity index (χ1) is 11.8. The van der Waals surface area contributed by atoms with Crippen molar-refractivity contribution in [3.63, 3.8) is 0 Å². The predicted molar refractivity (Wildman–Crippen MR) is 89.2 cm³/mol. The molecular formula is C16H23O8P. The lowest BCUT2D eigenvalue weighted by Crippen LogP contribution is -2.23. The van der Waals surface area contributed by atoms with Gasteiger partial charge in [0, 0.05) is 11.6 Å². The van der Waals surface area contributed by atoms with Crippen LogP contribution < -0.4 is 4.74 Å². The second kappa shape index (κ2) is 8.19. The molecule has 1 aliphatic rings. The van der Waals surface area contributed by atoms with E-state index in [4.69, 9.17) is 18.5 Å². The molecule has 2 rings (SSSR count). The van der Waals surface area contributed by atoms with Gasteiger partial charge in [0.2, 0.25) is 0 Å². The lowest BCUT2D eigenvalue weighted by molar-refractivity contribution is 0.0533. The van der Waals surface area contributed by atoms with Crippen molar-refractivity contribution in [1.82, 2.24) is 0 Å². The summed E-state index contributed by atoms with van der Waals surface area (Å²) >= 11 is 0. The van der Waals surface area contributed by atoms with Gasteiger partial charge in [0.1, 0.15) is 30.3 Å². The van der Waals surface area contributed by atoms with Gasteiger partial charge in [-0.2, -0.15) is 0 Å². The molecule has 0 radical (unpaired) electrons. The van der Waals surface area contributed by atoms with Crippen molar-refractivity contribution in [3.8, 4) is 11.5 Å². The molecule has 0 fully saturated rings. The Kier molecular flexibility index (Phi) is 6.46. The van der Waals surface area contributed by atoms with Crippen LogP contribution in [-0.2, 0) is 25.0 Å². The van der Waals surface area contributed by atoms with Gasteiger partial charge < -0.3 is 28.7 Å². The molecule has 1 aromatic carbocycles. The van der Waals surface area contributed by atoms with Crippen LogP contribution in [0.1, 0.15) is 35.3 Å². The summed E-state index contributed by atoms with van der Waals surface area (Å²) in [6, 6.07) is 1.30. The van der Waals surface area contributed by atoms with Crippen LogP contribution in [-0.4, -0.2) is 48.3 Å². The molecule has 0 saturated heterocycles. The number of phenolic OH excluding ortho intramolecular Hbond substituents is 1. The highest BCUT2D eigenvalue weighted by molar-refractivity contribution is 7.53. The highest BCUT2D eigenvalue weighted by Crippen LogP contribution is 2.48. The third-order valence-corrected chi connectivity index (χ3v) is 5.89. The van der Waals surface area contributed by atoms with E-state index in [2.05, 4.69) is 0 Å². The Morgan fingerprint density at radius 3 is 2.56 bits per heavy atom. The molecule has 1 unspecified atom stereocenters. The SMILES string of the molecule is CCOP(=O)(CC(O)COc1cc(O)c2c(c1C)COC2=O)OCC. The van der Waals surface area contributed by atoms with Crippen molar-refractivity contribution >= 4 is 13.6 Å². The molecule has 1 heterocycles. The number of esters is 1. The number of aliphatic hydroxyl groups excluding tert-OH is 1. The summed E-state index contributed by atoms with van der Waals surface area (Å²) in [4.78, 5) is 11.6. The summed E-state index contributed by atoms with van der Waals surface area (Å²) in [7, 11) is -3.38. The highest BCUT2D eigenvalue weighted by atomic mass is 31.2. The first-order valence-electron chi connectivity index (χ1n) is 8.02. The molecular weight excluding hydrogens is 351 g/mol. The van der Waals surface area contributed by atoms with Crippen molar-refractivity contribution in [2.24, 2.45) is 0 Å². The number of cyclic esters (lactones) is 1. The Balaban J connectivity index is 2.05. The maximum absolute atomic E-state index is 12.4. The van der Waals surface area contributed by atoms with E-state index in [0.717, 1.165) is 0 Å². The van der Waals surface area contributed by atoms with Crippen LogP contribution in [0.5, 0.6) is 11.5 Å². The maximum Gasteiger partial charge on any atom is 0.342 e. The summed E-state index contributed by atoms with van der Waals surface area (Å²) in [6.45, 7) is 5.42. The molecule has 8 nitrogen and oxygen atoms in total. The lowest BCUT2D eigenvalue weighted by Gasteiger charge is -2.21. The number of carbonyl (C=O) groups excluding carboxylic acids is 1. The van der Waals surface area contributed by atoms with Crippen LogP contribution in [0.4, 0.5) is 0 Å². The number of fused-ring (bicyclic) bond motifs is 1. The van der Waals surface area contributed by atoms with E-state index in [9.17, 15) is 19.6 Å². The first kappa shape index (κ1) is 19.7. The summed E-state index contributed by atoms with van der Waals surface area (Å²) in [5, 5.41) is 20.1. The largest absolute Gasteiger partial charge is 0.507 e. The van der Waals surface area contributed by atoms with Gasteiger partial charge in [0.25, 0.3) is 0 Å². The zero-order valence-corrected chi connectivity index (χ0v) is 15.4. The van der Waals surface area contributed by atoms with Gasteiger partial charge in [-0.25, -0.2) is 4.79 Å². The normalized spacial score (nSPS) is 15.0. The number of ether oxygens (including phenoxy) is 2. The highest BCUT2D eigenvalue weighted by Gasteiger charge is 2.30. The number of aromatic hydroxyl groups is 1. The van der Waals surface area contributed by atoms with Crippen molar-refractivity contribution in [3.05, 3.63) is 22.8 Å². The molecule has 1 atom stereocenters. The summed E-state index contributed by atoms with van der Waals surface area (Å²) < 4.78 is 33.1. The van der Waals surface area contributed by atoms with Crippen LogP contribution in [0.3, 0.4) is 0 Å². The van der Waals surface area contributed by atoms with Crippen LogP contribution in [0.2, 0.25) is 0 Å². The number of rotatable bonds is 9. The van der Waals surface area contributed by atoms with Crippen molar-refractivity contribution in [1.29, 1.82) is 0 Å². The van der Waals surface area contributed by atoms with E-state index >= 15 is 0 Å². The fraction of sp³-hybridized carbons (Fsp3) is 0.562. The van der Waals surface area contributed by atoms with Gasteiger partial charge >= 0.3 is 13.6 Å². The predicted octanol–water partition coefficient (Wildman–Crippen LogP) is 2.38. The molecule has 140 valence electrons. The zero-order valence-electron chi connectivity index (χ0n) is 14.5. The van der Waals surface area contributed by atoms with E-state index in [0.29, 0.717) is 16.9 Å². The number of hydrogen-bond acceptors (Lipinski definition) is 8. The van der Waals surface area contributed by atoms with Crippen LogP contribution in [0.25, 0.3) is 0 Å². The average molecular weight is 374 g/mol. The molecule has 9 heteroatoms. The van der Waals surface area contributed by atoms with Gasteiger partial charge in [-0.15, -0.1) is 0 Å². The van der Waals surface area contributed by atoms with Gasteiger partial charge in [-0.1, -0.05) is 0 Å².